The molecule has 1 atom stereocenters. The van der Waals surface area contributed by atoms with Gasteiger partial charge in [0.1, 0.15) is 5.82 Å². The Balaban J connectivity index is 1.95. The molecule has 1 N–H and O–H groups in total. The van der Waals surface area contributed by atoms with Crippen LogP contribution in [0.3, 0.4) is 0 Å². The maximum Gasteiger partial charge on any atom is 0.145 e. The van der Waals surface area contributed by atoms with Gasteiger partial charge in [0.25, 0.3) is 0 Å². The van der Waals surface area contributed by atoms with Crippen LogP contribution >= 0.6 is 0 Å². The highest BCUT2D eigenvalue weighted by Gasteiger charge is 2.23. The largest absolute Gasteiger partial charge is 0.366 e. The standard InChI is InChI=1S/C11H17N3/c1-8-6-12-7-11(13-8)14-9(2)10-4-3-5-10/h6-7,9-10H,3-5H2,1-2H3,(H,13,14). The molecule has 1 aromatic heterocycles. The van der Waals surface area contributed by atoms with Gasteiger partial charge in [-0.3, -0.25) is 4.98 Å². The molecule has 0 amide bonds. The topological polar surface area (TPSA) is 37.8 Å². The van der Waals surface area contributed by atoms with E-state index >= 15 is 0 Å². The molecule has 1 saturated carbocycles. The SMILES string of the molecule is Cc1cncc(NC(C)C2CCC2)n1. The summed E-state index contributed by atoms with van der Waals surface area (Å²) in [5.74, 6) is 1.74. The van der Waals surface area contributed by atoms with Gasteiger partial charge in [-0.05, 0) is 32.6 Å². The lowest BCUT2D eigenvalue weighted by atomic mass is 9.80. The predicted octanol–water partition coefficient (Wildman–Crippen LogP) is 2.39. The smallest absolute Gasteiger partial charge is 0.145 e. The lowest BCUT2D eigenvalue weighted by Crippen LogP contribution is -2.31. The first-order valence-electron chi connectivity index (χ1n) is 5.31. The molecule has 0 bridgehead atoms. The van der Waals surface area contributed by atoms with E-state index in [9.17, 15) is 0 Å². The summed E-state index contributed by atoms with van der Waals surface area (Å²) in [4.78, 5) is 8.50. The number of aryl methyl sites for hydroxylation is 1. The summed E-state index contributed by atoms with van der Waals surface area (Å²) < 4.78 is 0. The Bertz CT molecular complexity index is 307. The van der Waals surface area contributed by atoms with E-state index in [1.54, 1.807) is 12.4 Å². The highest BCUT2D eigenvalue weighted by Crippen LogP contribution is 2.30. The summed E-state index contributed by atoms with van der Waals surface area (Å²) in [6.07, 6.45) is 7.67. The molecular weight excluding hydrogens is 174 g/mol. The lowest BCUT2D eigenvalue weighted by Gasteiger charge is -2.32. The molecule has 1 unspecified atom stereocenters. The van der Waals surface area contributed by atoms with E-state index in [0.29, 0.717) is 6.04 Å². The summed E-state index contributed by atoms with van der Waals surface area (Å²) >= 11 is 0. The predicted molar refractivity (Wildman–Crippen MR) is 57.2 cm³/mol. The number of hydrogen-bond acceptors (Lipinski definition) is 3. The van der Waals surface area contributed by atoms with Gasteiger partial charge >= 0.3 is 0 Å². The van der Waals surface area contributed by atoms with Crippen molar-refractivity contribution >= 4 is 5.82 Å². The van der Waals surface area contributed by atoms with Crippen LogP contribution in [0.1, 0.15) is 31.9 Å². The zero-order valence-corrected chi connectivity index (χ0v) is 8.83. The summed E-state index contributed by atoms with van der Waals surface area (Å²) in [6, 6.07) is 0.528. The maximum absolute atomic E-state index is 4.38. The van der Waals surface area contributed by atoms with E-state index < -0.39 is 0 Å². The van der Waals surface area contributed by atoms with Gasteiger partial charge in [0.15, 0.2) is 0 Å². The van der Waals surface area contributed by atoms with E-state index in [1.165, 1.54) is 19.3 Å². The number of aromatic nitrogens is 2. The molecule has 0 spiro atoms. The average molecular weight is 191 g/mol. The minimum absolute atomic E-state index is 0.528. The molecule has 1 fully saturated rings. The fourth-order valence-corrected chi connectivity index (χ4v) is 1.82. The fourth-order valence-electron chi connectivity index (χ4n) is 1.82. The van der Waals surface area contributed by atoms with Crippen molar-refractivity contribution in [2.24, 2.45) is 5.92 Å². The highest BCUT2D eigenvalue weighted by atomic mass is 15.0. The van der Waals surface area contributed by atoms with Gasteiger partial charge in [-0.1, -0.05) is 6.42 Å². The van der Waals surface area contributed by atoms with Gasteiger partial charge in [-0.15, -0.1) is 0 Å². The molecule has 0 aliphatic heterocycles. The van der Waals surface area contributed by atoms with E-state index in [0.717, 1.165) is 17.4 Å². The van der Waals surface area contributed by atoms with Crippen molar-refractivity contribution in [3.8, 4) is 0 Å². The van der Waals surface area contributed by atoms with Gasteiger partial charge in [0.05, 0.1) is 11.9 Å². The number of rotatable bonds is 3. The lowest BCUT2D eigenvalue weighted by molar-refractivity contribution is 0.285. The summed E-state index contributed by atoms with van der Waals surface area (Å²) in [7, 11) is 0. The summed E-state index contributed by atoms with van der Waals surface area (Å²) in [6.45, 7) is 4.19. The van der Waals surface area contributed by atoms with Gasteiger partial charge in [0.2, 0.25) is 0 Å². The Hall–Kier alpha value is -1.12. The van der Waals surface area contributed by atoms with Gasteiger partial charge in [-0.25, -0.2) is 4.98 Å². The fraction of sp³-hybridized carbons (Fsp3) is 0.636. The van der Waals surface area contributed by atoms with Crippen LogP contribution in [0.5, 0.6) is 0 Å². The van der Waals surface area contributed by atoms with E-state index in [4.69, 9.17) is 0 Å². The molecule has 0 aromatic carbocycles. The Morgan fingerprint density at radius 3 is 2.79 bits per heavy atom. The van der Waals surface area contributed by atoms with Crippen LogP contribution in [0.2, 0.25) is 0 Å². The first-order chi connectivity index (χ1) is 6.75. The average Bonchev–Trinajstić information content (AvgIpc) is 1.99. The molecule has 76 valence electrons. The normalized spacial score (nSPS) is 18.7. The molecule has 3 heteroatoms. The van der Waals surface area contributed by atoms with Crippen LogP contribution in [0.25, 0.3) is 0 Å². The second-order valence-electron chi connectivity index (χ2n) is 4.17. The van der Waals surface area contributed by atoms with Crippen molar-refractivity contribution < 1.29 is 0 Å². The quantitative estimate of drug-likeness (QED) is 0.797. The highest BCUT2D eigenvalue weighted by molar-refractivity contribution is 5.33. The van der Waals surface area contributed by atoms with Crippen LogP contribution in [0.4, 0.5) is 5.82 Å². The molecule has 2 rings (SSSR count). The van der Waals surface area contributed by atoms with Crippen LogP contribution < -0.4 is 5.32 Å². The Morgan fingerprint density at radius 1 is 1.43 bits per heavy atom. The molecule has 1 aromatic rings. The zero-order chi connectivity index (χ0) is 9.97. The van der Waals surface area contributed by atoms with Crippen LogP contribution in [0, 0.1) is 12.8 Å². The number of nitrogens with one attached hydrogen (secondary N) is 1. The van der Waals surface area contributed by atoms with Crippen LogP contribution in [-0.4, -0.2) is 16.0 Å². The molecule has 0 radical (unpaired) electrons. The summed E-state index contributed by atoms with van der Waals surface area (Å²) in [5.41, 5.74) is 0.968. The molecule has 0 saturated heterocycles. The summed E-state index contributed by atoms with van der Waals surface area (Å²) in [5, 5.41) is 3.41. The second kappa shape index (κ2) is 3.95. The molecule has 14 heavy (non-hydrogen) atoms. The van der Waals surface area contributed by atoms with Crippen molar-refractivity contribution in [2.75, 3.05) is 5.32 Å². The number of nitrogens with zero attached hydrogens (tertiary/aromatic N) is 2. The van der Waals surface area contributed by atoms with Crippen molar-refractivity contribution in [1.82, 2.24) is 9.97 Å². The van der Waals surface area contributed by atoms with E-state index in [1.807, 2.05) is 6.92 Å². The molecular formula is C11H17N3. The van der Waals surface area contributed by atoms with Gasteiger partial charge < -0.3 is 5.32 Å². The molecule has 1 aliphatic carbocycles. The third-order valence-corrected chi connectivity index (χ3v) is 2.99. The van der Waals surface area contributed by atoms with Crippen molar-refractivity contribution in [1.29, 1.82) is 0 Å². The van der Waals surface area contributed by atoms with E-state index in [2.05, 4.69) is 22.2 Å². The third kappa shape index (κ3) is 2.03. The van der Waals surface area contributed by atoms with Crippen LogP contribution in [-0.2, 0) is 0 Å². The van der Waals surface area contributed by atoms with Gasteiger partial charge in [-0.2, -0.15) is 0 Å². The molecule has 1 heterocycles. The van der Waals surface area contributed by atoms with Crippen LogP contribution in [0.15, 0.2) is 12.4 Å². The Kier molecular flexibility index (Phi) is 2.66. The minimum Gasteiger partial charge on any atom is -0.366 e. The number of anilines is 1. The maximum atomic E-state index is 4.38. The van der Waals surface area contributed by atoms with E-state index in [-0.39, 0.29) is 0 Å². The third-order valence-electron chi connectivity index (χ3n) is 2.99. The van der Waals surface area contributed by atoms with Crippen molar-refractivity contribution in [2.45, 2.75) is 39.2 Å². The Labute approximate surface area is 85.0 Å². The van der Waals surface area contributed by atoms with Gasteiger partial charge in [0, 0.05) is 12.2 Å². The Morgan fingerprint density at radius 2 is 2.21 bits per heavy atom. The monoisotopic (exact) mass is 191 g/mol. The first kappa shape index (κ1) is 9.44. The molecule has 1 aliphatic rings. The minimum atomic E-state index is 0.528. The molecule has 3 nitrogen and oxygen atoms in total. The zero-order valence-electron chi connectivity index (χ0n) is 8.83. The first-order valence-corrected chi connectivity index (χ1v) is 5.31. The second-order valence-corrected chi connectivity index (χ2v) is 4.17. The van der Waals surface area contributed by atoms with Crippen molar-refractivity contribution in [3.63, 3.8) is 0 Å². The van der Waals surface area contributed by atoms with Crippen molar-refractivity contribution in [3.05, 3.63) is 18.1 Å². The number of hydrogen-bond donors (Lipinski definition) is 1.